The molecule has 0 N–H and O–H groups in total. The second kappa shape index (κ2) is 8.78. The molecule has 8 heteroatoms. The van der Waals surface area contributed by atoms with E-state index in [1.165, 1.54) is 0 Å². The fourth-order valence-corrected chi connectivity index (χ4v) is 4.63. The van der Waals surface area contributed by atoms with E-state index in [1.807, 2.05) is 37.1 Å². The Kier molecular flexibility index (Phi) is 5.70. The van der Waals surface area contributed by atoms with E-state index in [-0.39, 0.29) is 5.91 Å². The highest BCUT2D eigenvalue weighted by Crippen LogP contribution is 2.23. The van der Waals surface area contributed by atoms with Gasteiger partial charge in [0.15, 0.2) is 0 Å². The molecule has 2 fully saturated rings. The zero-order valence-electron chi connectivity index (χ0n) is 18.8. The topological polar surface area (TPSA) is 66.7 Å². The van der Waals surface area contributed by atoms with Gasteiger partial charge in [0.2, 0.25) is 11.9 Å². The second-order valence-corrected chi connectivity index (χ2v) is 8.59. The number of rotatable bonds is 4. The van der Waals surface area contributed by atoms with Gasteiger partial charge < -0.3 is 24.0 Å². The van der Waals surface area contributed by atoms with Crippen molar-refractivity contribution in [3.8, 4) is 0 Å². The maximum atomic E-state index is 13.0. The number of hydrogen-bond donors (Lipinski definition) is 0. The third kappa shape index (κ3) is 4.14. The van der Waals surface area contributed by atoms with Crippen molar-refractivity contribution in [3.63, 3.8) is 0 Å². The minimum atomic E-state index is 0.181. The number of carbonyl (C=O) groups excluding carboxylic acids is 1. The first-order valence-electron chi connectivity index (χ1n) is 11.3. The number of piperazine rings is 1. The molecule has 1 amide bonds. The highest BCUT2D eigenvalue weighted by atomic mass is 16.5. The number of aryl methyl sites for hydroxylation is 2. The molecule has 0 bridgehead atoms. The van der Waals surface area contributed by atoms with E-state index in [4.69, 9.17) is 9.72 Å². The number of nitrogens with zero attached hydrogens (tertiary/aromatic N) is 6. The summed E-state index contributed by atoms with van der Waals surface area (Å²) in [5.74, 6) is 1.90. The SMILES string of the molecule is Cc1cc(N2CCOCC2)nc(N2CCN(C(=O)Cc3cn(C)c4ccccc34)CC2)n1. The molecule has 32 heavy (non-hydrogen) atoms. The summed E-state index contributed by atoms with van der Waals surface area (Å²) >= 11 is 0. The number of morpholine rings is 1. The first-order chi connectivity index (χ1) is 15.6. The average molecular weight is 435 g/mol. The molecule has 2 aliphatic rings. The highest BCUT2D eigenvalue weighted by Gasteiger charge is 2.24. The minimum absolute atomic E-state index is 0.181. The van der Waals surface area contributed by atoms with Gasteiger partial charge in [0.05, 0.1) is 19.6 Å². The Morgan fingerprint density at radius 2 is 1.75 bits per heavy atom. The number of amides is 1. The van der Waals surface area contributed by atoms with Crippen LogP contribution in [0.4, 0.5) is 11.8 Å². The number of benzene rings is 1. The van der Waals surface area contributed by atoms with Gasteiger partial charge in [-0.05, 0) is 18.6 Å². The van der Waals surface area contributed by atoms with Gasteiger partial charge in [0.25, 0.3) is 0 Å². The van der Waals surface area contributed by atoms with Crippen LogP contribution in [0.15, 0.2) is 36.5 Å². The van der Waals surface area contributed by atoms with Crippen LogP contribution in [0.1, 0.15) is 11.3 Å². The van der Waals surface area contributed by atoms with Gasteiger partial charge in [-0.1, -0.05) is 18.2 Å². The van der Waals surface area contributed by atoms with Gasteiger partial charge in [0, 0.05) is 75.2 Å². The summed E-state index contributed by atoms with van der Waals surface area (Å²) in [6, 6.07) is 10.3. The lowest BCUT2D eigenvalue weighted by Crippen LogP contribution is -2.49. The van der Waals surface area contributed by atoms with Gasteiger partial charge in [-0.25, -0.2) is 4.98 Å². The smallest absolute Gasteiger partial charge is 0.227 e. The van der Waals surface area contributed by atoms with Crippen LogP contribution >= 0.6 is 0 Å². The number of anilines is 2. The predicted molar refractivity (Wildman–Crippen MR) is 125 cm³/mol. The Bertz CT molecular complexity index is 1110. The van der Waals surface area contributed by atoms with Crippen molar-refractivity contribution in [2.24, 2.45) is 7.05 Å². The number of para-hydroxylation sites is 1. The molecule has 0 saturated carbocycles. The average Bonchev–Trinajstić information content (AvgIpc) is 3.14. The monoisotopic (exact) mass is 434 g/mol. The summed E-state index contributed by atoms with van der Waals surface area (Å²) in [4.78, 5) is 29.0. The lowest BCUT2D eigenvalue weighted by Gasteiger charge is -2.35. The van der Waals surface area contributed by atoms with E-state index >= 15 is 0 Å². The molecule has 168 valence electrons. The third-order valence-corrected chi connectivity index (χ3v) is 6.40. The van der Waals surface area contributed by atoms with Crippen LogP contribution in [0, 0.1) is 6.92 Å². The summed E-state index contributed by atoms with van der Waals surface area (Å²) in [7, 11) is 2.03. The van der Waals surface area contributed by atoms with Crippen LogP contribution in [0.2, 0.25) is 0 Å². The molecule has 5 rings (SSSR count). The van der Waals surface area contributed by atoms with E-state index in [2.05, 4.69) is 37.7 Å². The van der Waals surface area contributed by atoms with Crippen molar-refractivity contribution in [2.45, 2.75) is 13.3 Å². The number of ether oxygens (including phenoxy) is 1. The summed E-state index contributed by atoms with van der Waals surface area (Å²) in [6.45, 7) is 8.05. The van der Waals surface area contributed by atoms with E-state index in [1.54, 1.807) is 0 Å². The molecule has 0 atom stereocenters. The summed E-state index contributed by atoms with van der Waals surface area (Å²) < 4.78 is 7.56. The lowest BCUT2D eigenvalue weighted by atomic mass is 10.1. The summed E-state index contributed by atoms with van der Waals surface area (Å²) in [5, 5.41) is 1.16. The van der Waals surface area contributed by atoms with Crippen LogP contribution < -0.4 is 9.80 Å². The Hall–Kier alpha value is -3.13. The molecule has 0 aliphatic carbocycles. The Labute approximate surface area is 188 Å². The molecule has 2 saturated heterocycles. The largest absolute Gasteiger partial charge is 0.378 e. The van der Waals surface area contributed by atoms with Crippen molar-refractivity contribution in [3.05, 3.63) is 47.8 Å². The highest BCUT2D eigenvalue weighted by molar-refractivity contribution is 5.89. The van der Waals surface area contributed by atoms with Gasteiger partial charge in [-0.3, -0.25) is 4.79 Å². The van der Waals surface area contributed by atoms with Crippen molar-refractivity contribution >= 4 is 28.6 Å². The van der Waals surface area contributed by atoms with Crippen LogP contribution in [-0.2, 0) is 23.0 Å². The minimum Gasteiger partial charge on any atom is -0.378 e. The molecule has 4 heterocycles. The van der Waals surface area contributed by atoms with Gasteiger partial charge in [-0.15, -0.1) is 0 Å². The number of hydrogen-bond acceptors (Lipinski definition) is 6. The molecule has 1 aromatic carbocycles. The Balaban J connectivity index is 1.24. The molecule has 0 radical (unpaired) electrons. The quantitative estimate of drug-likeness (QED) is 0.626. The predicted octanol–water partition coefficient (Wildman–Crippen LogP) is 2.00. The van der Waals surface area contributed by atoms with E-state index in [0.717, 1.165) is 73.3 Å². The van der Waals surface area contributed by atoms with E-state index in [0.29, 0.717) is 19.5 Å². The molecule has 8 nitrogen and oxygen atoms in total. The van der Waals surface area contributed by atoms with Crippen molar-refractivity contribution in [2.75, 3.05) is 62.3 Å². The maximum absolute atomic E-state index is 13.0. The van der Waals surface area contributed by atoms with Crippen molar-refractivity contribution < 1.29 is 9.53 Å². The first kappa shape index (κ1) is 20.8. The van der Waals surface area contributed by atoms with Gasteiger partial charge in [-0.2, -0.15) is 4.98 Å². The number of fused-ring (bicyclic) bond motifs is 1. The standard InChI is InChI=1S/C24H30N6O2/c1-18-15-22(28-11-13-32-14-12-28)26-24(25-18)30-9-7-29(8-10-30)23(31)16-19-17-27(2)21-6-4-3-5-20(19)21/h3-6,15,17H,7-14,16H2,1-2H3. The molecular weight excluding hydrogens is 404 g/mol. The molecule has 3 aromatic rings. The van der Waals surface area contributed by atoms with Gasteiger partial charge >= 0.3 is 0 Å². The summed E-state index contributed by atoms with van der Waals surface area (Å²) in [5.41, 5.74) is 3.21. The van der Waals surface area contributed by atoms with Gasteiger partial charge in [0.1, 0.15) is 5.82 Å². The molecule has 2 aliphatic heterocycles. The molecule has 0 spiro atoms. The third-order valence-electron chi connectivity index (χ3n) is 6.40. The Morgan fingerprint density at radius 3 is 2.53 bits per heavy atom. The first-order valence-corrected chi connectivity index (χ1v) is 11.3. The zero-order chi connectivity index (χ0) is 22.1. The lowest BCUT2D eigenvalue weighted by molar-refractivity contribution is -0.130. The van der Waals surface area contributed by atoms with Crippen LogP contribution in [0.3, 0.4) is 0 Å². The normalized spacial score (nSPS) is 17.2. The van der Waals surface area contributed by atoms with E-state index < -0.39 is 0 Å². The fraction of sp³-hybridized carbons (Fsp3) is 0.458. The number of carbonyl (C=O) groups is 1. The molecule has 2 aromatic heterocycles. The molecule has 0 unspecified atom stereocenters. The maximum Gasteiger partial charge on any atom is 0.227 e. The summed E-state index contributed by atoms with van der Waals surface area (Å²) in [6.07, 6.45) is 2.51. The second-order valence-electron chi connectivity index (χ2n) is 8.59. The van der Waals surface area contributed by atoms with Crippen molar-refractivity contribution in [1.82, 2.24) is 19.4 Å². The fourth-order valence-electron chi connectivity index (χ4n) is 4.63. The van der Waals surface area contributed by atoms with E-state index in [9.17, 15) is 4.79 Å². The van der Waals surface area contributed by atoms with Crippen molar-refractivity contribution in [1.29, 1.82) is 0 Å². The number of aromatic nitrogens is 3. The zero-order valence-corrected chi connectivity index (χ0v) is 18.8. The molecular formula is C24H30N6O2. The van der Waals surface area contributed by atoms with Crippen LogP contribution in [-0.4, -0.2) is 77.8 Å². The van der Waals surface area contributed by atoms with Crippen LogP contribution in [0.5, 0.6) is 0 Å². The Morgan fingerprint density at radius 1 is 1.00 bits per heavy atom. The van der Waals surface area contributed by atoms with Crippen LogP contribution in [0.25, 0.3) is 10.9 Å².